The van der Waals surface area contributed by atoms with Crippen molar-refractivity contribution in [1.29, 1.82) is 0 Å². The molecule has 29 heavy (non-hydrogen) atoms. The summed E-state index contributed by atoms with van der Waals surface area (Å²) in [5.74, 6) is 0.551. The molecule has 150 valence electrons. The summed E-state index contributed by atoms with van der Waals surface area (Å²) in [6.45, 7) is -0.00782. The summed E-state index contributed by atoms with van der Waals surface area (Å²) < 4.78 is 16.2. The maximum absolute atomic E-state index is 12.4. The smallest absolute Gasteiger partial charge is 0.287 e. The van der Waals surface area contributed by atoms with Gasteiger partial charge >= 0.3 is 0 Å². The molecule has 1 heterocycles. The first-order chi connectivity index (χ1) is 14.0. The van der Waals surface area contributed by atoms with Crippen molar-refractivity contribution < 1.29 is 23.5 Å². The van der Waals surface area contributed by atoms with E-state index in [2.05, 4.69) is 5.32 Å². The number of primary amides is 1. The Labute approximate surface area is 172 Å². The summed E-state index contributed by atoms with van der Waals surface area (Å²) in [6, 6.07) is 15.6. The molecule has 2 amide bonds. The van der Waals surface area contributed by atoms with Gasteiger partial charge in [-0.1, -0.05) is 29.8 Å². The van der Waals surface area contributed by atoms with Crippen LogP contribution in [0.3, 0.4) is 0 Å². The van der Waals surface area contributed by atoms with E-state index in [4.69, 9.17) is 31.2 Å². The Kier molecular flexibility index (Phi) is 6.41. The molecule has 0 saturated heterocycles. The minimum Gasteiger partial charge on any atom is -0.493 e. The maximum atomic E-state index is 12.4. The Morgan fingerprint density at radius 3 is 2.62 bits per heavy atom. The van der Waals surface area contributed by atoms with Crippen LogP contribution in [-0.4, -0.2) is 25.5 Å². The number of carbonyl (C=O) groups excluding carboxylic acids is 2. The second-order valence-corrected chi connectivity index (χ2v) is 6.47. The lowest BCUT2D eigenvalue weighted by Crippen LogP contribution is -2.22. The SMILES string of the molecule is COc1cc(CNC(=O)c2ccc(-c3ccccc3Cl)o2)ccc1OCC(N)=O. The molecular formula is C21H19ClN2O5. The number of hydrogen-bond donors (Lipinski definition) is 2. The number of furan rings is 1. The molecule has 0 fully saturated rings. The molecule has 0 saturated carbocycles. The van der Waals surface area contributed by atoms with Crippen molar-refractivity contribution in [3.8, 4) is 22.8 Å². The van der Waals surface area contributed by atoms with E-state index in [1.54, 1.807) is 36.4 Å². The van der Waals surface area contributed by atoms with E-state index in [9.17, 15) is 9.59 Å². The highest BCUT2D eigenvalue weighted by molar-refractivity contribution is 6.33. The standard InChI is InChI=1S/C21H19ClN2O5/c1-27-19-10-13(6-7-17(19)28-12-20(23)25)11-24-21(26)18-9-8-16(29-18)14-4-2-3-5-15(14)22/h2-10H,11-12H2,1H3,(H2,23,25)(H,24,26). The minimum absolute atomic E-state index is 0.174. The lowest BCUT2D eigenvalue weighted by Gasteiger charge is -2.11. The van der Waals surface area contributed by atoms with E-state index in [-0.39, 0.29) is 24.8 Å². The number of nitrogens with two attached hydrogens (primary N) is 1. The van der Waals surface area contributed by atoms with E-state index in [0.717, 1.165) is 5.56 Å². The number of nitrogens with one attached hydrogen (secondary N) is 1. The summed E-state index contributed by atoms with van der Waals surface area (Å²) in [6.07, 6.45) is 0. The van der Waals surface area contributed by atoms with Crippen LogP contribution >= 0.6 is 11.6 Å². The Hall–Kier alpha value is -3.45. The van der Waals surface area contributed by atoms with Gasteiger partial charge in [0.25, 0.3) is 11.8 Å². The van der Waals surface area contributed by atoms with Crippen LogP contribution < -0.4 is 20.5 Å². The number of ether oxygens (including phenoxy) is 2. The highest BCUT2D eigenvalue weighted by Gasteiger charge is 2.14. The van der Waals surface area contributed by atoms with Crippen LogP contribution in [0.25, 0.3) is 11.3 Å². The summed E-state index contributed by atoms with van der Waals surface area (Å²) in [7, 11) is 1.48. The molecule has 8 heteroatoms. The van der Waals surface area contributed by atoms with Gasteiger partial charge in [0.1, 0.15) is 5.76 Å². The van der Waals surface area contributed by atoms with Gasteiger partial charge in [-0.2, -0.15) is 0 Å². The highest BCUT2D eigenvalue weighted by Crippen LogP contribution is 2.30. The summed E-state index contributed by atoms with van der Waals surface area (Å²) >= 11 is 6.16. The fraction of sp³-hybridized carbons (Fsp3) is 0.143. The van der Waals surface area contributed by atoms with Gasteiger partial charge in [-0.3, -0.25) is 9.59 Å². The second-order valence-electron chi connectivity index (χ2n) is 6.07. The van der Waals surface area contributed by atoms with Crippen molar-refractivity contribution in [1.82, 2.24) is 5.32 Å². The minimum atomic E-state index is -0.585. The largest absolute Gasteiger partial charge is 0.493 e. The number of hydrogen-bond acceptors (Lipinski definition) is 5. The van der Waals surface area contributed by atoms with Crippen LogP contribution in [0, 0.1) is 0 Å². The van der Waals surface area contributed by atoms with Gasteiger partial charge < -0.3 is 24.9 Å². The van der Waals surface area contributed by atoms with Crippen LogP contribution in [0.4, 0.5) is 0 Å². The zero-order valence-corrected chi connectivity index (χ0v) is 16.4. The molecule has 2 aromatic carbocycles. The molecule has 0 atom stereocenters. The lowest BCUT2D eigenvalue weighted by atomic mass is 10.2. The van der Waals surface area contributed by atoms with Crippen molar-refractivity contribution in [3.63, 3.8) is 0 Å². The molecule has 0 aliphatic rings. The number of rotatable bonds is 8. The number of halogens is 1. The molecule has 1 aromatic heterocycles. The van der Waals surface area contributed by atoms with Crippen LogP contribution in [0.15, 0.2) is 59.0 Å². The first-order valence-electron chi connectivity index (χ1n) is 8.69. The summed E-state index contributed by atoms with van der Waals surface area (Å²) in [5, 5.41) is 3.32. The van der Waals surface area contributed by atoms with Gasteiger partial charge in [0.15, 0.2) is 23.9 Å². The molecule has 0 bridgehead atoms. The molecule has 7 nitrogen and oxygen atoms in total. The van der Waals surface area contributed by atoms with Crippen LogP contribution in [0.5, 0.6) is 11.5 Å². The van der Waals surface area contributed by atoms with Gasteiger partial charge in [0.2, 0.25) is 0 Å². The number of carbonyl (C=O) groups is 2. The first kappa shape index (κ1) is 20.3. The number of methoxy groups -OCH3 is 1. The number of amides is 2. The Morgan fingerprint density at radius 1 is 1.10 bits per heavy atom. The average Bonchev–Trinajstić information content (AvgIpc) is 3.21. The van der Waals surface area contributed by atoms with Crippen molar-refractivity contribution in [3.05, 3.63) is 70.9 Å². The Balaban J connectivity index is 1.65. The molecule has 0 spiro atoms. The lowest BCUT2D eigenvalue weighted by molar-refractivity contribution is -0.119. The molecular weight excluding hydrogens is 396 g/mol. The van der Waals surface area contributed by atoms with Gasteiger partial charge in [-0.15, -0.1) is 0 Å². The van der Waals surface area contributed by atoms with Gasteiger partial charge in [0.05, 0.1) is 12.1 Å². The Bertz CT molecular complexity index is 1030. The molecule has 0 aliphatic heterocycles. The number of benzene rings is 2. The normalized spacial score (nSPS) is 10.4. The maximum Gasteiger partial charge on any atom is 0.287 e. The summed E-state index contributed by atoms with van der Waals surface area (Å²) in [4.78, 5) is 23.3. The molecule has 3 rings (SSSR count). The third kappa shape index (κ3) is 5.08. The van der Waals surface area contributed by atoms with E-state index in [1.807, 2.05) is 18.2 Å². The average molecular weight is 415 g/mol. The molecule has 3 aromatic rings. The van der Waals surface area contributed by atoms with Gasteiger partial charge in [-0.05, 0) is 42.0 Å². The van der Waals surface area contributed by atoms with Crippen molar-refractivity contribution in [2.45, 2.75) is 6.54 Å². The fourth-order valence-electron chi connectivity index (χ4n) is 2.63. The summed E-state index contributed by atoms with van der Waals surface area (Å²) in [5.41, 5.74) is 6.57. The first-order valence-corrected chi connectivity index (χ1v) is 9.06. The predicted molar refractivity (Wildman–Crippen MR) is 108 cm³/mol. The van der Waals surface area contributed by atoms with Crippen molar-refractivity contribution >= 4 is 23.4 Å². The highest BCUT2D eigenvalue weighted by atomic mass is 35.5. The predicted octanol–water partition coefficient (Wildman–Crippen LogP) is 3.40. The van der Waals surface area contributed by atoms with Crippen LogP contribution in [0.1, 0.15) is 16.1 Å². The zero-order valence-electron chi connectivity index (χ0n) is 15.6. The topological polar surface area (TPSA) is 104 Å². The van der Waals surface area contributed by atoms with Crippen molar-refractivity contribution in [2.75, 3.05) is 13.7 Å². The van der Waals surface area contributed by atoms with E-state index in [1.165, 1.54) is 7.11 Å². The third-order valence-electron chi connectivity index (χ3n) is 4.02. The van der Waals surface area contributed by atoms with E-state index >= 15 is 0 Å². The Morgan fingerprint density at radius 2 is 1.90 bits per heavy atom. The quantitative estimate of drug-likeness (QED) is 0.587. The van der Waals surface area contributed by atoms with Gasteiger partial charge in [-0.25, -0.2) is 0 Å². The van der Waals surface area contributed by atoms with E-state index < -0.39 is 5.91 Å². The second kappa shape index (κ2) is 9.16. The van der Waals surface area contributed by atoms with Gasteiger partial charge in [0, 0.05) is 12.1 Å². The zero-order chi connectivity index (χ0) is 20.8. The molecule has 0 aliphatic carbocycles. The third-order valence-corrected chi connectivity index (χ3v) is 4.35. The van der Waals surface area contributed by atoms with Crippen molar-refractivity contribution in [2.24, 2.45) is 5.73 Å². The molecule has 0 radical (unpaired) electrons. The van der Waals surface area contributed by atoms with Crippen LogP contribution in [0.2, 0.25) is 5.02 Å². The fourth-order valence-corrected chi connectivity index (χ4v) is 2.85. The van der Waals surface area contributed by atoms with Crippen LogP contribution in [-0.2, 0) is 11.3 Å². The molecule has 0 unspecified atom stereocenters. The molecule has 3 N–H and O–H groups in total. The monoisotopic (exact) mass is 414 g/mol. The van der Waals surface area contributed by atoms with E-state index in [0.29, 0.717) is 27.8 Å².